The van der Waals surface area contributed by atoms with Crippen molar-refractivity contribution in [2.45, 2.75) is 19.3 Å². The zero-order chi connectivity index (χ0) is 28.8. The number of amides is 3. The van der Waals surface area contributed by atoms with Crippen molar-refractivity contribution in [1.82, 2.24) is 20.1 Å². The molecular formula is C31H33ClN4O5. The first-order valence-electron chi connectivity index (χ1n) is 13.8. The molecule has 1 saturated heterocycles. The van der Waals surface area contributed by atoms with E-state index in [9.17, 15) is 14.4 Å². The third-order valence-corrected chi connectivity index (χ3v) is 7.71. The Morgan fingerprint density at radius 2 is 1.88 bits per heavy atom. The second-order valence-electron chi connectivity index (χ2n) is 10.3. The fraction of sp³-hybridized carbons (Fsp3) is 0.355. The van der Waals surface area contributed by atoms with Gasteiger partial charge < -0.3 is 24.6 Å². The van der Waals surface area contributed by atoms with E-state index in [0.29, 0.717) is 54.7 Å². The summed E-state index contributed by atoms with van der Waals surface area (Å²) in [4.78, 5) is 47.3. The van der Waals surface area contributed by atoms with Crippen LogP contribution in [-0.4, -0.2) is 78.4 Å². The molecule has 214 valence electrons. The van der Waals surface area contributed by atoms with Crippen LogP contribution in [0.1, 0.15) is 33.8 Å². The van der Waals surface area contributed by atoms with E-state index in [-0.39, 0.29) is 43.3 Å². The van der Waals surface area contributed by atoms with Crippen LogP contribution in [0.3, 0.4) is 0 Å². The number of fused-ring (bicyclic) bond motifs is 4. The Bertz CT molecular complexity index is 1420. The van der Waals surface area contributed by atoms with Crippen LogP contribution < -0.4 is 14.8 Å². The van der Waals surface area contributed by atoms with E-state index in [1.807, 2.05) is 55.5 Å². The topological polar surface area (TPSA) is 101 Å². The van der Waals surface area contributed by atoms with E-state index in [1.54, 1.807) is 15.9 Å². The second kappa shape index (κ2) is 13.0. The zero-order valence-electron chi connectivity index (χ0n) is 22.9. The molecule has 41 heavy (non-hydrogen) atoms. The monoisotopic (exact) mass is 576 g/mol. The van der Waals surface area contributed by atoms with E-state index < -0.39 is 5.92 Å². The van der Waals surface area contributed by atoms with E-state index in [4.69, 9.17) is 21.1 Å². The lowest BCUT2D eigenvalue weighted by atomic mass is 9.88. The van der Waals surface area contributed by atoms with Crippen LogP contribution >= 0.6 is 11.6 Å². The number of nitrogens with zero attached hydrogens (tertiary/aromatic N) is 3. The van der Waals surface area contributed by atoms with Crippen LogP contribution in [-0.2, 0) is 9.59 Å². The quantitative estimate of drug-likeness (QED) is 0.508. The second-order valence-corrected chi connectivity index (χ2v) is 10.8. The molecule has 2 aliphatic rings. The van der Waals surface area contributed by atoms with Crippen molar-refractivity contribution in [1.29, 1.82) is 0 Å². The van der Waals surface area contributed by atoms with Gasteiger partial charge in [0.2, 0.25) is 5.91 Å². The lowest BCUT2D eigenvalue weighted by Crippen LogP contribution is -2.43. The molecule has 2 atom stereocenters. The van der Waals surface area contributed by atoms with Crippen LogP contribution in [0.15, 0.2) is 67.0 Å². The predicted molar refractivity (Wildman–Crippen MR) is 154 cm³/mol. The third-order valence-electron chi connectivity index (χ3n) is 7.50. The van der Waals surface area contributed by atoms with Crippen molar-refractivity contribution >= 4 is 29.3 Å². The van der Waals surface area contributed by atoms with Crippen LogP contribution in [0.5, 0.6) is 11.5 Å². The van der Waals surface area contributed by atoms with E-state index in [2.05, 4.69) is 10.3 Å². The Morgan fingerprint density at radius 1 is 1.05 bits per heavy atom. The highest BCUT2D eigenvalue weighted by Crippen LogP contribution is 2.35. The summed E-state index contributed by atoms with van der Waals surface area (Å²) in [5.74, 6) is 0.0955. The van der Waals surface area contributed by atoms with Crippen LogP contribution in [0.4, 0.5) is 0 Å². The zero-order valence-corrected chi connectivity index (χ0v) is 23.7. The molecule has 1 aromatic heterocycles. The Morgan fingerprint density at radius 3 is 2.71 bits per heavy atom. The van der Waals surface area contributed by atoms with Gasteiger partial charge in [0.1, 0.15) is 11.5 Å². The van der Waals surface area contributed by atoms with Crippen molar-refractivity contribution in [3.05, 3.63) is 88.7 Å². The summed E-state index contributed by atoms with van der Waals surface area (Å²) >= 11 is 6.07. The van der Waals surface area contributed by atoms with Crippen LogP contribution in [0, 0.1) is 12.8 Å². The van der Waals surface area contributed by atoms with Crippen LogP contribution in [0.25, 0.3) is 0 Å². The van der Waals surface area contributed by atoms with Gasteiger partial charge in [-0.2, -0.15) is 0 Å². The Balaban J connectivity index is 1.31. The molecule has 1 fully saturated rings. The molecule has 0 saturated carbocycles. The average molecular weight is 577 g/mol. The fourth-order valence-corrected chi connectivity index (χ4v) is 5.49. The molecule has 2 aliphatic heterocycles. The van der Waals surface area contributed by atoms with E-state index in [0.717, 1.165) is 11.1 Å². The summed E-state index contributed by atoms with van der Waals surface area (Å²) in [6.07, 6.45) is 3.58. The number of hydrogen-bond acceptors (Lipinski definition) is 6. The van der Waals surface area contributed by atoms with E-state index in [1.165, 1.54) is 12.4 Å². The van der Waals surface area contributed by atoms with Gasteiger partial charge in [0.15, 0.2) is 6.61 Å². The molecule has 3 amide bonds. The van der Waals surface area contributed by atoms with Gasteiger partial charge in [-0.15, -0.1) is 0 Å². The molecule has 3 heterocycles. The molecule has 0 spiro atoms. The number of rotatable bonds is 4. The molecule has 2 aromatic carbocycles. The lowest BCUT2D eigenvalue weighted by Gasteiger charge is -2.25. The first-order valence-corrected chi connectivity index (χ1v) is 14.1. The number of aromatic nitrogens is 1. The summed E-state index contributed by atoms with van der Waals surface area (Å²) < 4.78 is 11.8. The van der Waals surface area contributed by atoms with E-state index >= 15 is 0 Å². The molecule has 2 bridgehead atoms. The molecule has 0 radical (unpaired) electrons. The minimum absolute atomic E-state index is 0.0954. The highest BCUT2D eigenvalue weighted by molar-refractivity contribution is 6.30. The molecule has 9 nitrogen and oxygen atoms in total. The molecule has 3 aromatic rings. The van der Waals surface area contributed by atoms with Gasteiger partial charge in [0.25, 0.3) is 11.8 Å². The Labute approximate surface area is 244 Å². The van der Waals surface area contributed by atoms with Crippen molar-refractivity contribution in [3.8, 4) is 11.5 Å². The maximum atomic E-state index is 13.5. The first kappa shape index (κ1) is 28.4. The maximum Gasteiger partial charge on any atom is 0.260 e. The number of para-hydroxylation sites is 1. The molecule has 5 rings (SSSR count). The van der Waals surface area contributed by atoms with Crippen molar-refractivity contribution in [3.63, 3.8) is 0 Å². The minimum Gasteiger partial charge on any atom is -0.494 e. The van der Waals surface area contributed by atoms with Gasteiger partial charge in [-0.3, -0.25) is 19.4 Å². The molecular weight excluding hydrogens is 544 g/mol. The average Bonchev–Trinajstić information content (AvgIpc) is 3.43. The first-order chi connectivity index (χ1) is 19.9. The number of nitrogens with one attached hydrogen (secondary N) is 1. The fourth-order valence-electron chi connectivity index (χ4n) is 5.32. The third kappa shape index (κ3) is 6.97. The van der Waals surface area contributed by atoms with Gasteiger partial charge in [0, 0.05) is 51.0 Å². The van der Waals surface area contributed by atoms with Crippen molar-refractivity contribution < 1.29 is 23.9 Å². The SMILES string of the molecule is Cc1ccccc1OCC(=O)N1CCCOc2cccc(c2)[C@H]2CN(C(=O)c3cncc(Cl)c3)C[C@@H]2C(=O)NCC1. The summed E-state index contributed by atoms with van der Waals surface area (Å²) in [6.45, 7) is 3.97. The van der Waals surface area contributed by atoms with Gasteiger partial charge in [0.05, 0.1) is 23.1 Å². The van der Waals surface area contributed by atoms with Gasteiger partial charge in [-0.05, 0) is 48.7 Å². The molecule has 10 heteroatoms. The maximum absolute atomic E-state index is 13.5. The number of carbonyl (C=O) groups excluding carboxylic acids is 3. The minimum atomic E-state index is -0.474. The highest BCUT2D eigenvalue weighted by atomic mass is 35.5. The Hall–Kier alpha value is -4.11. The largest absolute Gasteiger partial charge is 0.494 e. The summed E-state index contributed by atoms with van der Waals surface area (Å²) in [5.41, 5.74) is 2.27. The number of hydrogen-bond donors (Lipinski definition) is 1. The summed E-state index contributed by atoms with van der Waals surface area (Å²) in [5, 5.41) is 3.39. The summed E-state index contributed by atoms with van der Waals surface area (Å²) in [6, 6.07) is 16.8. The number of carbonyl (C=O) groups is 3. The predicted octanol–water partition coefficient (Wildman–Crippen LogP) is 3.71. The molecule has 1 N–H and O–H groups in total. The number of ether oxygens (including phenoxy) is 2. The number of likely N-dealkylation sites (tertiary alicyclic amines) is 1. The smallest absolute Gasteiger partial charge is 0.260 e. The standard InChI is InChI=1S/C31H33ClN4O5/c1-21-6-2-3-9-28(21)41-20-29(37)35-11-5-13-40-25-8-4-7-22(15-25)26-18-36(19-27(26)30(38)34-10-12-35)31(39)23-14-24(32)17-33-16-23/h2-4,6-9,14-17,26-27H,5,10-13,18-20H2,1H3,(H,34,38)/t26-,27+/m1/s1. The van der Waals surface area contributed by atoms with Crippen molar-refractivity contribution in [2.24, 2.45) is 5.92 Å². The van der Waals surface area contributed by atoms with Crippen molar-refractivity contribution in [2.75, 3.05) is 45.9 Å². The highest BCUT2D eigenvalue weighted by Gasteiger charge is 2.41. The lowest BCUT2D eigenvalue weighted by molar-refractivity contribution is -0.134. The normalized spacial score (nSPS) is 19.4. The van der Waals surface area contributed by atoms with Crippen LogP contribution in [0.2, 0.25) is 5.02 Å². The Kier molecular flexibility index (Phi) is 9.04. The molecule has 0 aliphatic carbocycles. The number of aryl methyl sites for hydroxylation is 1. The number of benzene rings is 2. The number of halogens is 1. The molecule has 0 unspecified atom stereocenters. The number of pyridine rings is 1. The summed E-state index contributed by atoms with van der Waals surface area (Å²) in [7, 11) is 0. The van der Waals surface area contributed by atoms with Gasteiger partial charge >= 0.3 is 0 Å². The van der Waals surface area contributed by atoms with Gasteiger partial charge in [-0.25, -0.2) is 0 Å². The van der Waals surface area contributed by atoms with Gasteiger partial charge in [-0.1, -0.05) is 41.9 Å².